The summed E-state index contributed by atoms with van der Waals surface area (Å²) in [5.41, 5.74) is 4.60. The van der Waals surface area contributed by atoms with Crippen LogP contribution in [0.1, 0.15) is 21.5 Å². The van der Waals surface area contributed by atoms with E-state index in [0.29, 0.717) is 0 Å². The summed E-state index contributed by atoms with van der Waals surface area (Å²) >= 11 is 1.47. The molecule has 106 valence electrons. The minimum atomic E-state index is -4.58. The van der Waals surface area contributed by atoms with E-state index in [1.54, 1.807) is 0 Å². The molecule has 2 rings (SSSR count). The van der Waals surface area contributed by atoms with Gasteiger partial charge in [-0.15, -0.1) is 0 Å². The highest BCUT2D eigenvalue weighted by atomic mass is 32.1. The molecular formula is C13H11F3N2OS. The summed E-state index contributed by atoms with van der Waals surface area (Å²) in [5, 5.41) is 6.23. The number of halogens is 3. The van der Waals surface area contributed by atoms with Crippen LogP contribution in [0.4, 0.5) is 18.9 Å². The van der Waals surface area contributed by atoms with Gasteiger partial charge < -0.3 is 11.1 Å². The molecule has 1 aromatic carbocycles. The molecule has 1 amide bonds. The zero-order valence-corrected chi connectivity index (χ0v) is 11.0. The third-order valence-corrected chi connectivity index (χ3v) is 3.42. The Balaban J connectivity index is 2.18. The van der Waals surface area contributed by atoms with Crippen molar-refractivity contribution < 1.29 is 18.0 Å². The number of hydrogen-bond acceptors (Lipinski definition) is 3. The molecule has 0 radical (unpaired) electrons. The van der Waals surface area contributed by atoms with Crippen molar-refractivity contribution >= 4 is 22.9 Å². The van der Waals surface area contributed by atoms with E-state index >= 15 is 0 Å². The van der Waals surface area contributed by atoms with Crippen LogP contribution < -0.4 is 11.1 Å². The van der Waals surface area contributed by atoms with Crippen LogP contribution in [0.15, 0.2) is 35.0 Å². The molecule has 1 aromatic heterocycles. The topological polar surface area (TPSA) is 55.1 Å². The van der Waals surface area contributed by atoms with Crippen molar-refractivity contribution in [3.8, 4) is 0 Å². The molecule has 0 atom stereocenters. The number of benzene rings is 1. The van der Waals surface area contributed by atoms with E-state index in [4.69, 9.17) is 5.73 Å². The minimum Gasteiger partial charge on any atom is -0.398 e. The molecule has 2 aromatic rings. The highest BCUT2D eigenvalue weighted by Crippen LogP contribution is 2.34. The average molecular weight is 300 g/mol. The molecule has 1 heterocycles. The standard InChI is InChI=1S/C13H11F3N2OS/c14-13(15,16)10-3-1-2-9(11(10)17)12(19)18-6-8-4-5-20-7-8/h1-5,7H,6,17H2,(H,18,19). The molecule has 0 bridgehead atoms. The average Bonchev–Trinajstić information content (AvgIpc) is 2.88. The number of anilines is 1. The summed E-state index contributed by atoms with van der Waals surface area (Å²) in [7, 11) is 0. The molecule has 0 spiro atoms. The number of thiophene rings is 1. The molecule has 3 N–H and O–H groups in total. The Hall–Kier alpha value is -2.02. The highest BCUT2D eigenvalue weighted by molar-refractivity contribution is 7.07. The van der Waals surface area contributed by atoms with E-state index in [1.807, 2.05) is 16.8 Å². The summed E-state index contributed by atoms with van der Waals surface area (Å²) in [6, 6.07) is 5.11. The fourth-order valence-electron chi connectivity index (χ4n) is 1.68. The van der Waals surface area contributed by atoms with Gasteiger partial charge in [0.1, 0.15) is 0 Å². The summed E-state index contributed by atoms with van der Waals surface area (Å²) < 4.78 is 38.1. The third-order valence-electron chi connectivity index (χ3n) is 2.69. The predicted octanol–water partition coefficient (Wildman–Crippen LogP) is 3.28. The van der Waals surface area contributed by atoms with Crippen LogP contribution in [0.3, 0.4) is 0 Å². The second-order valence-corrected chi connectivity index (χ2v) is 4.86. The second kappa shape index (κ2) is 5.54. The van der Waals surface area contributed by atoms with Gasteiger partial charge in [0.05, 0.1) is 16.8 Å². The van der Waals surface area contributed by atoms with Crippen LogP contribution >= 0.6 is 11.3 Å². The van der Waals surface area contributed by atoms with E-state index < -0.39 is 23.3 Å². The number of nitrogens with two attached hydrogens (primary N) is 1. The number of carbonyl (C=O) groups is 1. The number of rotatable bonds is 3. The van der Waals surface area contributed by atoms with Crippen molar-refractivity contribution in [2.75, 3.05) is 5.73 Å². The Morgan fingerprint density at radius 3 is 2.65 bits per heavy atom. The van der Waals surface area contributed by atoms with Crippen molar-refractivity contribution in [1.82, 2.24) is 5.32 Å². The van der Waals surface area contributed by atoms with E-state index in [2.05, 4.69) is 5.32 Å². The van der Waals surface area contributed by atoms with Gasteiger partial charge in [-0.3, -0.25) is 4.79 Å². The van der Waals surface area contributed by atoms with Crippen molar-refractivity contribution in [3.05, 3.63) is 51.7 Å². The van der Waals surface area contributed by atoms with Crippen molar-refractivity contribution in [2.24, 2.45) is 0 Å². The number of hydrogen-bond donors (Lipinski definition) is 2. The Morgan fingerprint density at radius 1 is 1.30 bits per heavy atom. The number of nitrogen functional groups attached to an aromatic ring is 1. The van der Waals surface area contributed by atoms with Crippen LogP contribution in [0.5, 0.6) is 0 Å². The molecular weight excluding hydrogens is 289 g/mol. The number of nitrogens with one attached hydrogen (secondary N) is 1. The van der Waals surface area contributed by atoms with Gasteiger partial charge >= 0.3 is 6.18 Å². The predicted molar refractivity (Wildman–Crippen MR) is 71.3 cm³/mol. The first-order valence-corrected chi connectivity index (χ1v) is 6.59. The van der Waals surface area contributed by atoms with Crippen LogP contribution in [-0.2, 0) is 12.7 Å². The maximum Gasteiger partial charge on any atom is 0.418 e. The van der Waals surface area contributed by atoms with Gasteiger partial charge in [0, 0.05) is 6.54 Å². The van der Waals surface area contributed by atoms with Crippen LogP contribution in [0.25, 0.3) is 0 Å². The summed E-state index contributed by atoms with van der Waals surface area (Å²) in [5.74, 6) is -0.625. The molecule has 0 aliphatic rings. The zero-order chi connectivity index (χ0) is 14.8. The maximum absolute atomic E-state index is 12.7. The van der Waals surface area contributed by atoms with Crippen molar-refractivity contribution in [3.63, 3.8) is 0 Å². The van der Waals surface area contributed by atoms with Crippen molar-refractivity contribution in [1.29, 1.82) is 0 Å². The number of carbonyl (C=O) groups excluding carboxylic acids is 1. The van der Waals surface area contributed by atoms with E-state index in [0.717, 1.165) is 11.6 Å². The lowest BCUT2D eigenvalue weighted by Gasteiger charge is -2.13. The number of alkyl halides is 3. The molecule has 0 aliphatic heterocycles. The van der Waals surface area contributed by atoms with Crippen molar-refractivity contribution in [2.45, 2.75) is 12.7 Å². The van der Waals surface area contributed by atoms with Crippen LogP contribution in [-0.4, -0.2) is 5.91 Å². The first-order valence-electron chi connectivity index (χ1n) is 5.64. The number of amides is 1. The highest BCUT2D eigenvalue weighted by Gasteiger charge is 2.34. The van der Waals surface area contributed by atoms with Crippen LogP contribution in [0, 0.1) is 0 Å². The van der Waals surface area contributed by atoms with Gasteiger partial charge in [-0.25, -0.2) is 0 Å². The van der Waals surface area contributed by atoms with Gasteiger partial charge in [-0.1, -0.05) is 6.07 Å². The van der Waals surface area contributed by atoms with E-state index in [1.165, 1.54) is 23.5 Å². The summed E-state index contributed by atoms with van der Waals surface area (Å²) in [4.78, 5) is 11.9. The van der Waals surface area contributed by atoms with E-state index in [9.17, 15) is 18.0 Å². The quantitative estimate of drug-likeness (QED) is 0.855. The zero-order valence-electron chi connectivity index (χ0n) is 10.2. The molecule has 0 unspecified atom stereocenters. The van der Waals surface area contributed by atoms with Gasteiger partial charge in [0.15, 0.2) is 0 Å². The molecule has 0 saturated heterocycles. The fraction of sp³-hybridized carbons (Fsp3) is 0.154. The Labute approximate surface area is 117 Å². The van der Waals surface area contributed by atoms with Gasteiger partial charge in [-0.2, -0.15) is 24.5 Å². The smallest absolute Gasteiger partial charge is 0.398 e. The first-order chi connectivity index (χ1) is 9.39. The molecule has 0 aliphatic carbocycles. The lowest BCUT2D eigenvalue weighted by molar-refractivity contribution is -0.136. The molecule has 20 heavy (non-hydrogen) atoms. The monoisotopic (exact) mass is 300 g/mol. The molecule has 0 fully saturated rings. The summed E-state index contributed by atoms with van der Waals surface area (Å²) in [6.07, 6.45) is -4.58. The molecule has 0 saturated carbocycles. The summed E-state index contributed by atoms with van der Waals surface area (Å²) in [6.45, 7) is 0.248. The SMILES string of the molecule is Nc1c(C(=O)NCc2ccsc2)cccc1C(F)(F)F. The molecule has 7 heteroatoms. The Bertz CT molecular complexity index is 609. The van der Waals surface area contributed by atoms with Gasteiger partial charge in [0.2, 0.25) is 0 Å². The normalized spacial score (nSPS) is 11.3. The Kier molecular flexibility index (Phi) is 3.99. The van der Waals surface area contributed by atoms with Gasteiger partial charge in [-0.05, 0) is 34.5 Å². The second-order valence-electron chi connectivity index (χ2n) is 4.08. The van der Waals surface area contributed by atoms with Gasteiger partial charge in [0.25, 0.3) is 5.91 Å². The lowest BCUT2D eigenvalue weighted by atomic mass is 10.1. The largest absolute Gasteiger partial charge is 0.418 e. The Morgan fingerprint density at radius 2 is 2.05 bits per heavy atom. The molecule has 3 nitrogen and oxygen atoms in total. The fourth-order valence-corrected chi connectivity index (χ4v) is 2.35. The third kappa shape index (κ3) is 3.11. The van der Waals surface area contributed by atoms with E-state index in [-0.39, 0.29) is 12.1 Å². The number of para-hydroxylation sites is 1. The minimum absolute atomic E-state index is 0.171. The lowest BCUT2D eigenvalue weighted by Crippen LogP contribution is -2.24. The first kappa shape index (κ1) is 14.4. The maximum atomic E-state index is 12.7. The van der Waals surface area contributed by atoms with Crippen LogP contribution in [0.2, 0.25) is 0 Å².